The molecule has 0 atom stereocenters. The van der Waals surface area contributed by atoms with Gasteiger partial charge in [-0.25, -0.2) is 13.6 Å². The zero-order valence-corrected chi connectivity index (χ0v) is 11.2. The molecule has 1 aromatic carbocycles. The van der Waals surface area contributed by atoms with E-state index in [2.05, 4.69) is 0 Å². The maximum atomic E-state index is 11.5. The standard InChI is InChI=1S/C11H19N3O3S/c1-2-14(6-3-7-15)10-5-4-9(12)8-11(10)18(13,16)17/h4-5,8,15H,2-3,6-7,12H2,1H3,(H2,13,16,17). The molecule has 0 radical (unpaired) electrons. The van der Waals surface area contributed by atoms with Gasteiger partial charge >= 0.3 is 0 Å². The summed E-state index contributed by atoms with van der Waals surface area (Å²) in [5.74, 6) is 0. The van der Waals surface area contributed by atoms with Crippen molar-refractivity contribution in [2.24, 2.45) is 5.14 Å². The van der Waals surface area contributed by atoms with Crippen LogP contribution in [0.4, 0.5) is 11.4 Å². The lowest BCUT2D eigenvalue weighted by atomic mass is 10.2. The number of hydrogen-bond donors (Lipinski definition) is 3. The fourth-order valence-electron chi connectivity index (χ4n) is 1.73. The Balaban J connectivity index is 3.21. The Labute approximate surface area is 107 Å². The summed E-state index contributed by atoms with van der Waals surface area (Å²) >= 11 is 0. The van der Waals surface area contributed by atoms with Gasteiger partial charge in [-0.2, -0.15) is 0 Å². The predicted molar refractivity (Wildman–Crippen MR) is 71.8 cm³/mol. The molecule has 0 unspecified atom stereocenters. The van der Waals surface area contributed by atoms with E-state index in [1.807, 2.05) is 11.8 Å². The number of sulfonamides is 1. The molecule has 0 aromatic heterocycles. The highest BCUT2D eigenvalue weighted by Gasteiger charge is 2.18. The Hall–Kier alpha value is -1.31. The first-order valence-electron chi connectivity index (χ1n) is 5.68. The predicted octanol–water partition coefficient (Wildman–Crippen LogP) is 0.125. The molecule has 0 aliphatic rings. The monoisotopic (exact) mass is 273 g/mol. The summed E-state index contributed by atoms with van der Waals surface area (Å²) in [7, 11) is -3.82. The van der Waals surface area contributed by atoms with Crippen LogP contribution in [0, 0.1) is 0 Å². The second-order valence-corrected chi connectivity index (χ2v) is 5.46. The first-order chi connectivity index (χ1) is 8.40. The number of anilines is 2. The summed E-state index contributed by atoms with van der Waals surface area (Å²) in [5.41, 5.74) is 6.45. The highest BCUT2D eigenvalue weighted by molar-refractivity contribution is 7.89. The maximum absolute atomic E-state index is 11.5. The van der Waals surface area contributed by atoms with Crippen LogP contribution < -0.4 is 15.8 Å². The molecule has 0 aliphatic heterocycles. The van der Waals surface area contributed by atoms with Crippen molar-refractivity contribution in [3.63, 3.8) is 0 Å². The molecule has 0 heterocycles. The van der Waals surface area contributed by atoms with Gasteiger partial charge in [0.1, 0.15) is 4.90 Å². The minimum Gasteiger partial charge on any atom is -0.399 e. The number of aliphatic hydroxyl groups excluding tert-OH is 1. The van der Waals surface area contributed by atoms with Crippen molar-refractivity contribution in [1.29, 1.82) is 0 Å². The molecule has 0 amide bonds. The third kappa shape index (κ3) is 3.59. The summed E-state index contributed by atoms with van der Waals surface area (Å²) in [6, 6.07) is 4.62. The molecule has 0 spiro atoms. The van der Waals surface area contributed by atoms with E-state index >= 15 is 0 Å². The quantitative estimate of drug-likeness (QED) is 0.638. The number of nitrogens with zero attached hydrogens (tertiary/aromatic N) is 1. The number of nitrogens with two attached hydrogens (primary N) is 2. The Morgan fingerprint density at radius 2 is 2.06 bits per heavy atom. The first-order valence-corrected chi connectivity index (χ1v) is 7.23. The number of benzene rings is 1. The van der Waals surface area contributed by atoms with Gasteiger partial charge in [0.25, 0.3) is 0 Å². The van der Waals surface area contributed by atoms with Crippen LogP contribution in [0.15, 0.2) is 23.1 Å². The lowest BCUT2D eigenvalue weighted by Gasteiger charge is -2.25. The second-order valence-electron chi connectivity index (χ2n) is 3.93. The highest BCUT2D eigenvalue weighted by Crippen LogP contribution is 2.26. The van der Waals surface area contributed by atoms with Gasteiger partial charge in [-0.3, -0.25) is 0 Å². The minimum absolute atomic E-state index is 0.0160. The Morgan fingerprint density at radius 3 is 2.56 bits per heavy atom. The molecule has 18 heavy (non-hydrogen) atoms. The third-order valence-electron chi connectivity index (χ3n) is 2.60. The van der Waals surface area contributed by atoms with E-state index in [1.165, 1.54) is 6.07 Å². The molecule has 0 bridgehead atoms. The van der Waals surface area contributed by atoms with Gasteiger partial charge in [0.05, 0.1) is 5.69 Å². The molecule has 7 heteroatoms. The summed E-state index contributed by atoms with van der Waals surface area (Å²) in [6.07, 6.45) is 0.558. The first kappa shape index (κ1) is 14.7. The van der Waals surface area contributed by atoms with Crippen molar-refractivity contribution in [3.8, 4) is 0 Å². The Kier molecular flexibility index (Phi) is 4.94. The van der Waals surface area contributed by atoms with E-state index in [0.29, 0.717) is 30.9 Å². The van der Waals surface area contributed by atoms with Crippen LogP contribution in [0.1, 0.15) is 13.3 Å². The maximum Gasteiger partial charge on any atom is 0.240 e. The number of nitrogen functional groups attached to an aromatic ring is 1. The molecule has 0 fully saturated rings. The Bertz CT molecular complexity index is 502. The van der Waals surface area contributed by atoms with Crippen molar-refractivity contribution in [1.82, 2.24) is 0 Å². The molecule has 5 N–H and O–H groups in total. The van der Waals surface area contributed by atoms with Crippen LogP contribution in [0.3, 0.4) is 0 Å². The minimum atomic E-state index is -3.82. The van der Waals surface area contributed by atoms with Crippen molar-refractivity contribution < 1.29 is 13.5 Å². The highest BCUT2D eigenvalue weighted by atomic mass is 32.2. The van der Waals surface area contributed by atoms with Gasteiger partial charge in [-0.1, -0.05) is 0 Å². The smallest absolute Gasteiger partial charge is 0.240 e. The normalized spacial score (nSPS) is 11.5. The van der Waals surface area contributed by atoms with Crippen LogP contribution in [-0.2, 0) is 10.0 Å². The summed E-state index contributed by atoms with van der Waals surface area (Å²) in [5, 5.41) is 14.0. The lowest BCUT2D eigenvalue weighted by Crippen LogP contribution is -2.27. The van der Waals surface area contributed by atoms with Gasteiger partial charge in [0.2, 0.25) is 10.0 Å². The molecule has 6 nitrogen and oxygen atoms in total. The van der Waals surface area contributed by atoms with Crippen molar-refractivity contribution in [2.75, 3.05) is 30.3 Å². The second kappa shape index (κ2) is 6.03. The molecule has 0 saturated heterocycles. The number of hydrogen-bond acceptors (Lipinski definition) is 5. The van der Waals surface area contributed by atoms with Crippen molar-refractivity contribution in [2.45, 2.75) is 18.2 Å². The van der Waals surface area contributed by atoms with Crippen molar-refractivity contribution in [3.05, 3.63) is 18.2 Å². The van der Waals surface area contributed by atoms with Crippen molar-refractivity contribution >= 4 is 21.4 Å². The zero-order valence-electron chi connectivity index (χ0n) is 10.3. The van der Waals surface area contributed by atoms with Gasteiger partial charge in [-0.15, -0.1) is 0 Å². The van der Waals surface area contributed by atoms with E-state index in [0.717, 1.165) is 0 Å². The van der Waals surface area contributed by atoms with E-state index in [-0.39, 0.29) is 11.5 Å². The van der Waals surface area contributed by atoms with Crippen LogP contribution in [0.2, 0.25) is 0 Å². The van der Waals surface area contributed by atoms with Gasteiger partial charge in [-0.05, 0) is 31.5 Å². The number of aliphatic hydroxyl groups is 1. The average Bonchev–Trinajstić information content (AvgIpc) is 2.30. The average molecular weight is 273 g/mol. The Morgan fingerprint density at radius 1 is 1.39 bits per heavy atom. The van der Waals surface area contributed by atoms with E-state index in [9.17, 15) is 8.42 Å². The van der Waals surface area contributed by atoms with Crippen LogP contribution >= 0.6 is 0 Å². The summed E-state index contributed by atoms with van der Waals surface area (Å²) < 4.78 is 23.1. The summed E-state index contributed by atoms with van der Waals surface area (Å²) in [4.78, 5) is 1.86. The fraction of sp³-hybridized carbons (Fsp3) is 0.455. The summed E-state index contributed by atoms with van der Waals surface area (Å²) in [6.45, 7) is 3.13. The third-order valence-corrected chi connectivity index (χ3v) is 3.54. The molecule has 1 rings (SSSR count). The fourth-order valence-corrected chi connectivity index (χ4v) is 2.52. The van der Waals surface area contributed by atoms with Gasteiger partial charge in [0, 0.05) is 25.4 Å². The topological polar surface area (TPSA) is 110 Å². The molecular formula is C11H19N3O3S. The molecule has 102 valence electrons. The van der Waals surface area contributed by atoms with E-state index < -0.39 is 10.0 Å². The largest absolute Gasteiger partial charge is 0.399 e. The molecular weight excluding hydrogens is 254 g/mol. The zero-order chi connectivity index (χ0) is 13.8. The van der Waals surface area contributed by atoms with Crippen LogP contribution in [-0.4, -0.2) is 33.2 Å². The lowest BCUT2D eigenvalue weighted by molar-refractivity contribution is 0.289. The van der Waals surface area contributed by atoms with Crippen LogP contribution in [0.5, 0.6) is 0 Å². The number of primary sulfonamides is 1. The molecule has 0 aliphatic carbocycles. The molecule has 1 aromatic rings. The van der Waals surface area contributed by atoms with Crippen LogP contribution in [0.25, 0.3) is 0 Å². The van der Waals surface area contributed by atoms with E-state index in [1.54, 1.807) is 12.1 Å². The van der Waals surface area contributed by atoms with Gasteiger partial charge < -0.3 is 15.7 Å². The number of rotatable bonds is 6. The SMILES string of the molecule is CCN(CCCO)c1ccc(N)cc1S(N)(=O)=O. The van der Waals surface area contributed by atoms with E-state index in [4.69, 9.17) is 16.0 Å². The molecule has 0 saturated carbocycles. The van der Waals surface area contributed by atoms with Gasteiger partial charge in [0.15, 0.2) is 0 Å².